The molecule has 1 amide bonds. The zero-order valence-corrected chi connectivity index (χ0v) is 10.3. The fraction of sp³-hybridized carbons (Fsp3) is 0.909. The lowest BCUT2D eigenvalue weighted by Crippen LogP contribution is -2.62. The Balaban J connectivity index is 2.83. The number of hydroxylamine groups is 2. The smallest absolute Gasteiger partial charge is 0.217 e. The van der Waals surface area contributed by atoms with Crippen LogP contribution in [0.2, 0.25) is 0 Å². The van der Waals surface area contributed by atoms with Gasteiger partial charge in [-0.25, -0.2) is 0 Å². The van der Waals surface area contributed by atoms with E-state index >= 15 is 0 Å². The van der Waals surface area contributed by atoms with E-state index in [0.29, 0.717) is 12.8 Å². The minimum atomic E-state index is -0.408. The van der Waals surface area contributed by atoms with Crippen LogP contribution in [0.5, 0.6) is 0 Å². The van der Waals surface area contributed by atoms with Gasteiger partial charge in [0.2, 0.25) is 5.91 Å². The predicted octanol–water partition coefficient (Wildman–Crippen LogP) is 1.49. The maximum absolute atomic E-state index is 11.8. The van der Waals surface area contributed by atoms with Gasteiger partial charge in [-0.15, -0.1) is 10.3 Å². The molecule has 1 radical (unpaired) electrons. The number of amides is 1. The second-order valence-corrected chi connectivity index (χ2v) is 5.61. The Morgan fingerprint density at radius 2 is 1.93 bits per heavy atom. The van der Waals surface area contributed by atoms with Crippen molar-refractivity contribution in [2.75, 3.05) is 0 Å². The van der Waals surface area contributed by atoms with Crippen LogP contribution in [-0.2, 0) is 10.0 Å². The molecule has 0 aromatic rings. The van der Waals surface area contributed by atoms with E-state index < -0.39 is 5.54 Å². The molecule has 1 N–H and O–H groups in total. The van der Waals surface area contributed by atoms with Crippen LogP contribution in [0.1, 0.15) is 47.5 Å². The molecule has 0 aromatic carbocycles. The summed E-state index contributed by atoms with van der Waals surface area (Å²) in [5.41, 5.74) is -0.662. The van der Waals surface area contributed by atoms with Gasteiger partial charge in [-0.05, 0) is 40.5 Å². The molecular formula is C11H21N2O2. The van der Waals surface area contributed by atoms with Crippen LogP contribution in [0.25, 0.3) is 0 Å². The highest BCUT2D eigenvalue weighted by atomic mass is 16.5. The van der Waals surface area contributed by atoms with Crippen LogP contribution < -0.4 is 5.32 Å². The van der Waals surface area contributed by atoms with Crippen LogP contribution in [0, 0.1) is 0 Å². The van der Waals surface area contributed by atoms with Crippen LogP contribution in [0.15, 0.2) is 0 Å². The van der Waals surface area contributed by atoms with E-state index in [9.17, 15) is 10.0 Å². The Kier molecular flexibility index (Phi) is 3.12. The summed E-state index contributed by atoms with van der Waals surface area (Å²) in [6.07, 6.45) is 1.40. The largest absolute Gasteiger partial charge is 0.351 e. The minimum absolute atomic E-state index is 0.0279. The average molecular weight is 213 g/mol. The second kappa shape index (κ2) is 3.76. The van der Waals surface area contributed by atoms with Crippen molar-refractivity contribution in [2.45, 2.75) is 64.6 Å². The standard InChI is InChI=1S/C11H21N2O2/c1-8-6-11(5,12-9(2)14)7-10(3,4)13(8)15/h8H,6-7H2,1-5H3,(H,12,14). The van der Waals surface area contributed by atoms with Crippen LogP contribution in [0.3, 0.4) is 0 Å². The van der Waals surface area contributed by atoms with E-state index in [2.05, 4.69) is 5.32 Å². The van der Waals surface area contributed by atoms with Gasteiger partial charge >= 0.3 is 0 Å². The molecule has 0 saturated carbocycles. The molecule has 1 rings (SSSR count). The third-order valence-electron chi connectivity index (χ3n) is 3.04. The number of nitrogens with zero attached hydrogens (tertiary/aromatic N) is 1. The summed E-state index contributed by atoms with van der Waals surface area (Å²) < 4.78 is 0. The quantitative estimate of drug-likeness (QED) is 0.717. The van der Waals surface area contributed by atoms with Crippen molar-refractivity contribution in [3.8, 4) is 0 Å². The van der Waals surface area contributed by atoms with Crippen molar-refractivity contribution < 1.29 is 10.0 Å². The Morgan fingerprint density at radius 1 is 1.40 bits per heavy atom. The molecule has 1 saturated heterocycles. The van der Waals surface area contributed by atoms with E-state index in [0.717, 1.165) is 5.06 Å². The minimum Gasteiger partial charge on any atom is -0.351 e. The Bertz CT molecular complexity index is 265. The van der Waals surface area contributed by atoms with Crippen molar-refractivity contribution in [1.29, 1.82) is 0 Å². The molecule has 0 bridgehead atoms. The fourth-order valence-corrected chi connectivity index (χ4v) is 2.96. The lowest BCUT2D eigenvalue weighted by atomic mass is 9.76. The van der Waals surface area contributed by atoms with E-state index in [-0.39, 0.29) is 17.5 Å². The van der Waals surface area contributed by atoms with Crippen LogP contribution >= 0.6 is 0 Å². The molecule has 1 fully saturated rings. The monoisotopic (exact) mass is 213 g/mol. The van der Waals surface area contributed by atoms with E-state index in [1.807, 2.05) is 27.7 Å². The number of carbonyl (C=O) groups is 1. The topological polar surface area (TPSA) is 52.2 Å². The number of nitrogens with one attached hydrogen (secondary N) is 1. The number of carbonyl (C=O) groups excluding carboxylic acids is 1. The van der Waals surface area contributed by atoms with E-state index in [1.165, 1.54) is 6.92 Å². The van der Waals surface area contributed by atoms with Gasteiger partial charge < -0.3 is 5.32 Å². The van der Waals surface area contributed by atoms with Crippen molar-refractivity contribution >= 4 is 5.91 Å². The molecule has 4 nitrogen and oxygen atoms in total. The van der Waals surface area contributed by atoms with Gasteiger partial charge in [-0.2, -0.15) is 0 Å². The van der Waals surface area contributed by atoms with Gasteiger partial charge in [0.15, 0.2) is 0 Å². The van der Waals surface area contributed by atoms with Crippen LogP contribution in [-0.4, -0.2) is 28.1 Å². The highest BCUT2D eigenvalue weighted by Crippen LogP contribution is 2.36. The van der Waals surface area contributed by atoms with Gasteiger partial charge in [0, 0.05) is 24.0 Å². The molecule has 1 aliphatic rings. The average Bonchev–Trinajstić information content (AvgIpc) is 1.96. The molecule has 0 spiro atoms. The zero-order chi connectivity index (χ0) is 11.9. The molecule has 1 aliphatic heterocycles. The molecule has 0 aliphatic carbocycles. The summed E-state index contributed by atoms with van der Waals surface area (Å²) in [5, 5.41) is 15.9. The predicted molar refractivity (Wildman–Crippen MR) is 57.5 cm³/mol. The zero-order valence-electron chi connectivity index (χ0n) is 10.3. The summed E-state index contributed by atoms with van der Waals surface area (Å²) in [5.74, 6) is -0.0279. The van der Waals surface area contributed by atoms with Gasteiger partial charge in [0.25, 0.3) is 0 Å². The van der Waals surface area contributed by atoms with Crippen molar-refractivity contribution in [2.24, 2.45) is 0 Å². The van der Waals surface area contributed by atoms with E-state index in [4.69, 9.17) is 0 Å². The Morgan fingerprint density at radius 3 is 2.33 bits per heavy atom. The number of piperidine rings is 1. The lowest BCUT2D eigenvalue weighted by Gasteiger charge is -2.49. The number of hydrogen-bond donors (Lipinski definition) is 1. The second-order valence-electron chi connectivity index (χ2n) is 5.61. The fourth-order valence-electron chi connectivity index (χ4n) is 2.96. The molecule has 4 heteroatoms. The first-order chi connectivity index (χ1) is 6.66. The van der Waals surface area contributed by atoms with Gasteiger partial charge in [0.1, 0.15) is 0 Å². The van der Waals surface area contributed by atoms with E-state index in [1.54, 1.807) is 0 Å². The SMILES string of the molecule is CC(=O)NC1(C)CC(C)N([O])C(C)(C)C1. The number of rotatable bonds is 1. The van der Waals surface area contributed by atoms with Crippen molar-refractivity contribution in [3.63, 3.8) is 0 Å². The summed E-state index contributed by atoms with van der Waals surface area (Å²) in [6.45, 7) is 9.30. The summed E-state index contributed by atoms with van der Waals surface area (Å²) in [6, 6.07) is -0.0504. The van der Waals surface area contributed by atoms with Gasteiger partial charge in [0.05, 0.1) is 0 Å². The van der Waals surface area contributed by atoms with Crippen molar-refractivity contribution in [3.05, 3.63) is 0 Å². The highest BCUT2D eigenvalue weighted by Gasteiger charge is 2.45. The molecule has 0 aromatic heterocycles. The van der Waals surface area contributed by atoms with Crippen LogP contribution in [0.4, 0.5) is 0 Å². The molecular weight excluding hydrogens is 192 g/mol. The van der Waals surface area contributed by atoms with Gasteiger partial charge in [-0.3, -0.25) is 4.79 Å². The molecule has 2 atom stereocenters. The van der Waals surface area contributed by atoms with Gasteiger partial charge in [-0.1, -0.05) is 0 Å². The first-order valence-electron chi connectivity index (χ1n) is 5.41. The normalized spacial score (nSPS) is 36.3. The lowest BCUT2D eigenvalue weighted by molar-refractivity contribution is -0.265. The first kappa shape index (κ1) is 12.5. The summed E-state index contributed by atoms with van der Waals surface area (Å²) in [7, 11) is 0. The molecule has 1 heterocycles. The Hall–Kier alpha value is -0.610. The van der Waals surface area contributed by atoms with Crippen molar-refractivity contribution in [1.82, 2.24) is 10.4 Å². The maximum atomic E-state index is 11.8. The Labute approximate surface area is 91.6 Å². The number of hydrogen-bond acceptors (Lipinski definition) is 2. The molecule has 2 unspecified atom stereocenters. The highest BCUT2D eigenvalue weighted by molar-refractivity contribution is 5.73. The molecule has 87 valence electrons. The molecule has 15 heavy (non-hydrogen) atoms. The summed E-state index contributed by atoms with van der Waals surface area (Å²) >= 11 is 0. The third kappa shape index (κ3) is 2.69. The maximum Gasteiger partial charge on any atom is 0.217 e. The summed E-state index contributed by atoms with van der Waals surface area (Å²) in [4.78, 5) is 11.1. The first-order valence-corrected chi connectivity index (χ1v) is 5.41. The third-order valence-corrected chi connectivity index (χ3v) is 3.04.